The van der Waals surface area contributed by atoms with Gasteiger partial charge in [-0.05, 0) is 113 Å². The molecule has 0 aliphatic heterocycles. The Bertz CT molecular complexity index is 1770. The molecule has 3 aliphatic carbocycles. The molecule has 0 saturated heterocycles. The normalized spacial score (nSPS) is 20.2. The fourth-order valence-electron chi connectivity index (χ4n) is 8.08. The first-order valence-corrected chi connectivity index (χ1v) is 18.0. The lowest BCUT2D eigenvalue weighted by Gasteiger charge is -2.42. The predicted molar refractivity (Wildman–Crippen MR) is 206 cm³/mol. The van der Waals surface area contributed by atoms with Gasteiger partial charge < -0.3 is 9.80 Å². The molecule has 2 heteroatoms. The van der Waals surface area contributed by atoms with Crippen molar-refractivity contribution in [3.05, 3.63) is 167 Å². The van der Waals surface area contributed by atoms with Gasteiger partial charge in [0, 0.05) is 28.2 Å². The molecule has 244 valence electrons. The molecule has 1 fully saturated rings. The third-order valence-corrected chi connectivity index (χ3v) is 10.9. The van der Waals surface area contributed by atoms with Crippen molar-refractivity contribution >= 4 is 22.7 Å². The Morgan fingerprint density at radius 2 is 0.896 bits per heavy atom. The molecule has 2 atom stereocenters. The van der Waals surface area contributed by atoms with Gasteiger partial charge in [0.1, 0.15) is 0 Å². The third kappa shape index (κ3) is 6.59. The quantitative estimate of drug-likeness (QED) is 0.191. The van der Waals surface area contributed by atoms with E-state index in [9.17, 15) is 0 Å². The Kier molecular flexibility index (Phi) is 9.26. The zero-order valence-corrected chi connectivity index (χ0v) is 29.2. The summed E-state index contributed by atoms with van der Waals surface area (Å²) in [4.78, 5) is 5.03. The first-order chi connectivity index (χ1) is 23.4. The maximum Gasteiger partial charge on any atom is 0.0560 e. The van der Waals surface area contributed by atoms with Crippen LogP contribution < -0.4 is 9.80 Å². The van der Waals surface area contributed by atoms with Crippen LogP contribution in [0.4, 0.5) is 22.7 Å². The molecule has 1 saturated carbocycles. The standard InChI is InChI=1S/C46H50N2/c1-34-8-20-40(21-9-34)47(41-22-10-35(2)11-23-41)44-28-16-38(17-29-44)46(32-6-5-7-33-46)39-18-30-45(31-19-39)48(42-24-12-36(3)13-25-42)43-26-14-37(4)15-27-43/h8-26,28,30-31,43-44H,5-7,27,29,32-33H2,1-4H3. The minimum Gasteiger partial charge on any atom is -0.334 e. The van der Waals surface area contributed by atoms with Crippen molar-refractivity contribution in [1.29, 1.82) is 0 Å². The number of nitrogens with zero attached hydrogens (tertiary/aromatic N) is 2. The summed E-state index contributed by atoms with van der Waals surface area (Å²) in [6, 6.07) is 37.2. The third-order valence-electron chi connectivity index (χ3n) is 10.9. The van der Waals surface area contributed by atoms with Gasteiger partial charge in [-0.25, -0.2) is 0 Å². The highest BCUT2D eigenvalue weighted by Crippen LogP contribution is 2.48. The van der Waals surface area contributed by atoms with E-state index in [0.717, 1.165) is 12.8 Å². The van der Waals surface area contributed by atoms with Crippen molar-refractivity contribution in [2.24, 2.45) is 0 Å². The molecule has 0 bridgehead atoms. The maximum absolute atomic E-state index is 2.57. The summed E-state index contributed by atoms with van der Waals surface area (Å²) in [7, 11) is 0. The molecule has 0 spiro atoms. The molecule has 4 aromatic carbocycles. The molecular formula is C46H50N2. The Labute approximate surface area is 288 Å². The Hall–Kier alpha value is -4.56. The van der Waals surface area contributed by atoms with E-state index in [-0.39, 0.29) is 11.5 Å². The summed E-state index contributed by atoms with van der Waals surface area (Å²) in [5.74, 6) is 0. The van der Waals surface area contributed by atoms with Crippen LogP contribution in [-0.2, 0) is 5.41 Å². The van der Waals surface area contributed by atoms with Crippen molar-refractivity contribution in [2.75, 3.05) is 9.80 Å². The second kappa shape index (κ2) is 13.9. The number of hydrogen-bond acceptors (Lipinski definition) is 2. The van der Waals surface area contributed by atoms with E-state index in [1.165, 1.54) is 88.3 Å². The monoisotopic (exact) mass is 630 g/mol. The fourth-order valence-corrected chi connectivity index (χ4v) is 8.08. The lowest BCUT2D eigenvalue weighted by atomic mass is 9.64. The summed E-state index contributed by atoms with van der Waals surface area (Å²) >= 11 is 0. The summed E-state index contributed by atoms with van der Waals surface area (Å²) in [5.41, 5.74) is 13.3. The van der Waals surface area contributed by atoms with Gasteiger partial charge in [-0.1, -0.05) is 127 Å². The van der Waals surface area contributed by atoms with Gasteiger partial charge in [-0.2, -0.15) is 0 Å². The van der Waals surface area contributed by atoms with Gasteiger partial charge in [-0.3, -0.25) is 0 Å². The first kappa shape index (κ1) is 32.0. The predicted octanol–water partition coefficient (Wildman–Crippen LogP) is 12.3. The molecule has 2 unspecified atom stereocenters. The Morgan fingerprint density at radius 3 is 1.29 bits per heavy atom. The van der Waals surface area contributed by atoms with Crippen LogP contribution in [0.25, 0.3) is 0 Å². The highest BCUT2D eigenvalue weighted by atomic mass is 15.2. The smallest absolute Gasteiger partial charge is 0.0560 e. The van der Waals surface area contributed by atoms with E-state index in [2.05, 4.69) is 171 Å². The highest BCUT2D eigenvalue weighted by Gasteiger charge is 2.38. The molecule has 48 heavy (non-hydrogen) atoms. The van der Waals surface area contributed by atoms with E-state index in [1.54, 1.807) is 0 Å². The van der Waals surface area contributed by atoms with Crippen molar-refractivity contribution in [3.8, 4) is 0 Å². The maximum atomic E-state index is 2.57. The SMILES string of the molecule is CC1=CCC(N(c2ccc(C)cc2)c2ccc(C3(C4=CCC(N(c5ccc(C)cc5)c5ccc(C)cc5)C=C4)CCCCC3)cc2)C=C1. The number of anilines is 4. The van der Waals surface area contributed by atoms with Crippen LogP contribution in [0.15, 0.2) is 145 Å². The van der Waals surface area contributed by atoms with E-state index in [1.807, 2.05) is 0 Å². The Morgan fingerprint density at radius 1 is 0.479 bits per heavy atom. The first-order valence-electron chi connectivity index (χ1n) is 18.0. The summed E-state index contributed by atoms with van der Waals surface area (Å²) in [5, 5.41) is 0. The van der Waals surface area contributed by atoms with Gasteiger partial charge >= 0.3 is 0 Å². The number of aryl methyl sites for hydroxylation is 3. The second-order valence-electron chi connectivity index (χ2n) is 14.4. The zero-order valence-electron chi connectivity index (χ0n) is 29.2. The molecular weight excluding hydrogens is 581 g/mol. The Balaban J connectivity index is 1.19. The minimum absolute atomic E-state index is 0.0656. The van der Waals surface area contributed by atoms with Crippen LogP contribution in [-0.4, -0.2) is 12.1 Å². The molecule has 2 nitrogen and oxygen atoms in total. The van der Waals surface area contributed by atoms with E-state index in [0.29, 0.717) is 6.04 Å². The lowest BCUT2D eigenvalue weighted by Crippen LogP contribution is -2.35. The number of hydrogen-bond donors (Lipinski definition) is 0. The van der Waals surface area contributed by atoms with Crippen molar-refractivity contribution in [1.82, 2.24) is 0 Å². The van der Waals surface area contributed by atoms with Crippen molar-refractivity contribution < 1.29 is 0 Å². The van der Waals surface area contributed by atoms with E-state index < -0.39 is 0 Å². The van der Waals surface area contributed by atoms with Crippen LogP contribution in [0.1, 0.15) is 74.1 Å². The van der Waals surface area contributed by atoms with Crippen molar-refractivity contribution in [2.45, 2.75) is 90.1 Å². The van der Waals surface area contributed by atoms with Gasteiger partial charge in [0.15, 0.2) is 0 Å². The number of allylic oxidation sites excluding steroid dienone is 4. The topological polar surface area (TPSA) is 6.48 Å². The molecule has 0 N–H and O–H groups in total. The number of rotatable bonds is 8. The van der Waals surface area contributed by atoms with Gasteiger partial charge in [0.05, 0.1) is 12.1 Å². The fraction of sp³-hybridized carbons (Fsp3) is 0.304. The highest BCUT2D eigenvalue weighted by molar-refractivity contribution is 5.68. The number of benzene rings is 4. The van der Waals surface area contributed by atoms with Crippen molar-refractivity contribution in [3.63, 3.8) is 0 Å². The van der Waals surface area contributed by atoms with Crippen LogP contribution in [0.3, 0.4) is 0 Å². The largest absolute Gasteiger partial charge is 0.334 e. The van der Waals surface area contributed by atoms with Crippen LogP contribution in [0.2, 0.25) is 0 Å². The molecule has 0 heterocycles. The van der Waals surface area contributed by atoms with Gasteiger partial charge in [0.25, 0.3) is 0 Å². The van der Waals surface area contributed by atoms with Gasteiger partial charge in [0.2, 0.25) is 0 Å². The molecule has 0 aromatic heterocycles. The molecule has 0 amide bonds. The summed E-state index contributed by atoms with van der Waals surface area (Å²) in [6.07, 6.45) is 22.9. The summed E-state index contributed by atoms with van der Waals surface area (Å²) < 4.78 is 0. The zero-order chi connectivity index (χ0) is 33.1. The van der Waals surface area contributed by atoms with Gasteiger partial charge in [-0.15, -0.1) is 0 Å². The summed E-state index contributed by atoms with van der Waals surface area (Å²) in [6.45, 7) is 8.69. The second-order valence-corrected chi connectivity index (χ2v) is 14.4. The lowest BCUT2D eigenvalue weighted by molar-refractivity contribution is 0.343. The van der Waals surface area contributed by atoms with Crippen LogP contribution in [0.5, 0.6) is 0 Å². The van der Waals surface area contributed by atoms with Crippen LogP contribution in [0, 0.1) is 20.8 Å². The average Bonchev–Trinajstić information content (AvgIpc) is 3.13. The van der Waals surface area contributed by atoms with E-state index in [4.69, 9.17) is 0 Å². The van der Waals surface area contributed by atoms with E-state index >= 15 is 0 Å². The van der Waals surface area contributed by atoms with Crippen LogP contribution >= 0.6 is 0 Å². The molecule has 0 radical (unpaired) electrons. The molecule has 4 aromatic rings. The minimum atomic E-state index is 0.0656. The molecule has 3 aliphatic rings. The molecule has 7 rings (SSSR count). The average molecular weight is 631 g/mol.